The maximum atomic E-state index is 13.8. The monoisotopic (exact) mass is 413 g/mol. The summed E-state index contributed by atoms with van der Waals surface area (Å²) in [6, 6.07) is 14.5. The Labute approximate surface area is 168 Å². The van der Waals surface area contributed by atoms with Gasteiger partial charge in [-0.25, -0.2) is 12.8 Å². The van der Waals surface area contributed by atoms with Gasteiger partial charge in [0.15, 0.2) is 0 Å². The molecule has 1 saturated heterocycles. The molecule has 6 nitrogen and oxygen atoms in total. The van der Waals surface area contributed by atoms with Gasteiger partial charge in [-0.15, -0.1) is 0 Å². The first-order valence-corrected chi connectivity index (χ1v) is 10.8. The van der Waals surface area contributed by atoms with Gasteiger partial charge in [-0.2, -0.15) is 4.31 Å². The molecule has 1 atom stereocenters. The molecule has 1 fully saturated rings. The van der Waals surface area contributed by atoms with Gasteiger partial charge in [-0.05, 0) is 37.1 Å². The van der Waals surface area contributed by atoms with Crippen molar-refractivity contribution in [2.75, 3.05) is 18.4 Å². The summed E-state index contributed by atoms with van der Waals surface area (Å²) in [5.41, 5.74) is 0.503. The molecule has 0 spiro atoms. The van der Waals surface area contributed by atoms with Crippen LogP contribution in [0.25, 0.3) is 10.9 Å². The molecule has 0 unspecified atom stereocenters. The van der Waals surface area contributed by atoms with Crippen molar-refractivity contribution in [3.8, 4) is 0 Å². The number of carbonyl (C=O) groups excluding carboxylic acids is 1. The number of benzene rings is 2. The fourth-order valence-electron chi connectivity index (χ4n) is 3.60. The molecule has 0 saturated carbocycles. The summed E-state index contributed by atoms with van der Waals surface area (Å²) in [6.07, 6.45) is 2.65. The van der Waals surface area contributed by atoms with Crippen LogP contribution in [0.15, 0.2) is 65.7 Å². The van der Waals surface area contributed by atoms with Crippen LogP contribution in [-0.2, 0) is 14.8 Å². The second kappa shape index (κ2) is 7.88. The van der Waals surface area contributed by atoms with Gasteiger partial charge in [-0.3, -0.25) is 9.78 Å². The quantitative estimate of drug-likeness (QED) is 0.711. The summed E-state index contributed by atoms with van der Waals surface area (Å²) >= 11 is 0. The van der Waals surface area contributed by atoms with Gasteiger partial charge in [0.25, 0.3) is 0 Å². The van der Waals surface area contributed by atoms with Crippen LogP contribution in [0.4, 0.5) is 10.1 Å². The van der Waals surface area contributed by atoms with E-state index < -0.39 is 21.8 Å². The lowest BCUT2D eigenvalue weighted by atomic mass is 9.98. The van der Waals surface area contributed by atoms with Crippen LogP contribution < -0.4 is 5.32 Å². The van der Waals surface area contributed by atoms with E-state index in [1.807, 2.05) is 12.1 Å². The van der Waals surface area contributed by atoms with Gasteiger partial charge in [0.1, 0.15) is 10.7 Å². The predicted octanol–water partition coefficient (Wildman–Crippen LogP) is 3.41. The summed E-state index contributed by atoms with van der Waals surface area (Å²) in [6.45, 7) is 0.376. The number of rotatable bonds is 4. The van der Waals surface area contributed by atoms with Crippen molar-refractivity contribution in [1.29, 1.82) is 0 Å². The average Bonchev–Trinajstić information content (AvgIpc) is 2.75. The molecule has 3 aromatic rings. The Balaban J connectivity index is 1.57. The lowest BCUT2D eigenvalue weighted by Gasteiger charge is -2.31. The molecule has 150 valence electrons. The largest absolute Gasteiger partial charge is 0.323 e. The SMILES string of the molecule is O=C(Nc1ccccc1F)[C@@H]1CCCN(S(=O)(=O)c2cccc3cccnc23)C1. The number of carbonyl (C=O) groups is 1. The van der Waals surface area contributed by atoms with E-state index in [0.29, 0.717) is 24.9 Å². The Morgan fingerprint density at radius 2 is 1.90 bits per heavy atom. The number of halogens is 1. The van der Waals surface area contributed by atoms with Gasteiger partial charge in [0.2, 0.25) is 15.9 Å². The summed E-state index contributed by atoms with van der Waals surface area (Å²) in [5.74, 6) is -1.46. The number of nitrogens with one attached hydrogen (secondary N) is 1. The van der Waals surface area contributed by atoms with Gasteiger partial charge in [0, 0.05) is 24.7 Å². The predicted molar refractivity (Wildman–Crippen MR) is 108 cm³/mol. The molecular formula is C21H20FN3O3S. The number of anilines is 1. The zero-order valence-corrected chi connectivity index (χ0v) is 16.4. The third-order valence-corrected chi connectivity index (χ3v) is 7.00. The van der Waals surface area contributed by atoms with Gasteiger partial charge in [-0.1, -0.05) is 30.3 Å². The molecule has 8 heteroatoms. The fourth-order valence-corrected chi connectivity index (χ4v) is 5.28. The molecular weight excluding hydrogens is 393 g/mol. The molecule has 0 aliphatic carbocycles. The van der Waals surface area contributed by atoms with E-state index in [2.05, 4.69) is 10.3 Å². The third kappa shape index (κ3) is 3.86. The Bertz CT molecular complexity index is 1160. The minimum atomic E-state index is -3.82. The van der Waals surface area contributed by atoms with Crippen molar-refractivity contribution >= 4 is 32.5 Å². The zero-order chi connectivity index (χ0) is 20.4. The third-order valence-electron chi connectivity index (χ3n) is 5.10. The topological polar surface area (TPSA) is 79.4 Å². The van der Waals surface area contributed by atoms with Crippen LogP contribution in [0, 0.1) is 11.7 Å². The molecule has 2 heterocycles. The number of hydrogen-bond acceptors (Lipinski definition) is 4. The first-order chi connectivity index (χ1) is 14.0. The van der Waals surface area contributed by atoms with E-state index in [-0.39, 0.29) is 23.0 Å². The number of para-hydroxylation sites is 2. The van der Waals surface area contributed by atoms with E-state index in [4.69, 9.17) is 0 Å². The highest BCUT2D eigenvalue weighted by Crippen LogP contribution is 2.28. The Hall–Kier alpha value is -2.84. The highest BCUT2D eigenvalue weighted by molar-refractivity contribution is 7.89. The zero-order valence-electron chi connectivity index (χ0n) is 15.6. The van der Waals surface area contributed by atoms with E-state index >= 15 is 0 Å². The second-order valence-electron chi connectivity index (χ2n) is 7.00. The van der Waals surface area contributed by atoms with Crippen LogP contribution in [0.3, 0.4) is 0 Å². The molecule has 1 N–H and O–H groups in total. The smallest absolute Gasteiger partial charge is 0.245 e. The van der Waals surface area contributed by atoms with Crippen LogP contribution in [0.5, 0.6) is 0 Å². The molecule has 1 aromatic heterocycles. The van der Waals surface area contributed by atoms with Crippen LogP contribution in [0.1, 0.15) is 12.8 Å². The van der Waals surface area contributed by atoms with Crippen molar-refractivity contribution in [1.82, 2.24) is 9.29 Å². The molecule has 1 aliphatic rings. The average molecular weight is 413 g/mol. The number of piperidine rings is 1. The number of aromatic nitrogens is 1. The van der Waals surface area contributed by atoms with Crippen LogP contribution >= 0.6 is 0 Å². The molecule has 1 aliphatic heterocycles. The minimum absolute atomic E-state index is 0.0475. The van der Waals surface area contributed by atoms with Crippen molar-refractivity contribution < 1.29 is 17.6 Å². The first kappa shape index (κ1) is 19.5. The Morgan fingerprint density at radius 3 is 2.72 bits per heavy atom. The van der Waals surface area contributed by atoms with Crippen LogP contribution in [-0.4, -0.2) is 36.7 Å². The maximum Gasteiger partial charge on any atom is 0.245 e. The second-order valence-corrected chi connectivity index (χ2v) is 8.91. The van der Waals surface area contributed by atoms with E-state index in [1.54, 1.807) is 24.4 Å². The standard InChI is InChI=1S/C21H20FN3O3S/c22-17-9-1-2-10-18(17)24-21(26)16-8-5-13-25(14-16)29(27,28)19-11-3-6-15-7-4-12-23-20(15)19/h1-4,6-7,9-12,16H,5,8,13-14H2,(H,24,26)/t16-/m1/s1. The van der Waals surface area contributed by atoms with E-state index in [1.165, 1.54) is 28.6 Å². The Morgan fingerprint density at radius 1 is 1.10 bits per heavy atom. The fraction of sp³-hybridized carbons (Fsp3) is 0.238. The van der Waals surface area contributed by atoms with Crippen molar-refractivity contribution in [3.63, 3.8) is 0 Å². The van der Waals surface area contributed by atoms with E-state index in [9.17, 15) is 17.6 Å². The number of amides is 1. The Kier molecular flexibility index (Phi) is 5.29. The summed E-state index contributed by atoms with van der Waals surface area (Å²) in [4.78, 5) is 17.0. The normalized spacial score (nSPS) is 17.9. The lowest BCUT2D eigenvalue weighted by molar-refractivity contribution is -0.120. The number of hydrogen-bond donors (Lipinski definition) is 1. The summed E-state index contributed by atoms with van der Waals surface area (Å²) in [5, 5.41) is 3.31. The van der Waals surface area contributed by atoms with Crippen LogP contribution in [0.2, 0.25) is 0 Å². The van der Waals surface area contributed by atoms with Crippen molar-refractivity contribution in [2.24, 2.45) is 5.92 Å². The summed E-state index contributed by atoms with van der Waals surface area (Å²) in [7, 11) is -3.82. The van der Waals surface area contributed by atoms with E-state index in [0.717, 1.165) is 5.39 Å². The number of pyridine rings is 1. The molecule has 2 aromatic carbocycles. The molecule has 4 rings (SSSR count). The number of nitrogens with zero attached hydrogens (tertiary/aromatic N) is 2. The first-order valence-electron chi connectivity index (χ1n) is 9.36. The molecule has 29 heavy (non-hydrogen) atoms. The van der Waals surface area contributed by atoms with Crippen molar-refractivity contribution in [2.45, 2.75) is 17.7 Å². The van der Waals surface area contributed by atoms with Gasteiger partial charge >= 0.3 is 0 Å². The number of sulfonamides is 1. The minimum Gasteiger partial charge on any atom is -0.323 e. The van der Waals surface area contributed by atoms with Gasteiger partial charge in [0.05, 0.1) is 17.1 Å². The lowest BCUT2D eigenvalue weighted by Crippen LogP contribution is -2.43. The molecule has 0 radical (unpaired) electrons. The van der Waals surface area contributed by atoms with Gasteiger partial charge < -0.3 is 5.32 Å². The number of fused-ring (bicyclic) bond motifs is 1. The van der Waals surface area contributed by atoms with Crippen molar-refractivity contribution in [3.05, 3.63) is 66.6 Å². The highest BCUT2D eigenvalue weighted by Gasteiger charge is 2.34. The highest BCUT2D eigenvalue weighted by atomic mass is 32.2. The summed E-state index contributed by atoms with van der Waals surface area (Å²) < 4.78 is 41.7. The molecule has 0 bridgehead atoms. The maximum absolute atomic E-state index is 13.8. The molecule has 1 amide bonds.